The van der Waals surface area contributed by atoms with E-state index in [1.165, 1.54) is 50.6 Å². The van der Waals surface area contributed by atoms with Gasteiger partial charge in [-0.15, -0.1) is 34.5 Å². The van der Waals surface area contributed by atoms with Crippen LogP contribution in [0.1, 0.15) is 37.8 Å². The van der Waals surface area contributed by atoms with Crippen LogP contribution in [0.25, 0.3) is 33.0 Å². The zero-order chi connectivity index (χ0) is 21.3. The zero-order valence-electron chi connectivity index (χ0n) is 17.6. The van der Waals surface area contributed by atoms with Crippen LogP contribution in [0.4, 0.5) is 0 Å². The van der Waals surface area contributed by atoms with E-state index in [2.05, 4.69) is 92.7 Å². The van der Waals surface area contributed by atoms with E-state index in [1.54, 1.807) is 0 Å². The maximum absolute atomic E-state index is 4.93. The van der Waals surface area contributed by atoms with E-state index >= 15 is 0 Å². The minimum absolute atomic E-state index is 0.826. The van der Waals surface area contributed by atoms with Crippen LogP contribution in [-0.4, -0.2) is 0 Å². The van der Waals surface area contributed by atoms with Gasteiger partial charge in [-0.25, -0.2) is 0 Å². The summed E-state index contributed by atoms with van der Waals surface area (Å²) in [5, 5.41) is 2.78. The van der Waals surface area contributed by atoms with Crippen molar-refractivity contribution >= 4 is 27.8 Å². The van der Waals surface area contributed by atoms with Gasteiger partial charge >= 0.3 is 37.9 Å². The van der Waals surface area contributed by atoms with Crippen molar-refractivity contribution in [1.29, 1.82) is 0 Å². The Morgan fingerprint density at radius 2 is 1.40 bits per heavy atom. The van der Waals surface area contributed by atoms with E-state index in [4.69, 9.17) is 17.0 Å². The van der Waals surface area contributed by atoms with Crippen LogP contribution in [0.15, 0.2) is 78.9 Å². The van der Waals surface area contributed by atoms with Crippen molar-refractivity contribution in [3.8, 4) is 22.3 Å². The van der Waals surface area contributed by atoms with Crippen LogP contribution in [0.5, 0.6) is 0 Å². The molecule has 0 radical (unpaired) electrons. The van der Waals surface area contributed by atoms with Gasteiger partial charge in [0.15, 0.2) is 0 Å². The van der Waals surface area contributed by atoms with Crippen LogP contribution >= 0.6 is 17.0 Å². The Bertz CT molecular complexity index is 1070. The van der Waals surface area contributed by atoms with Gasteiger partial charge in [0.1, 0.15) is 0 Å². The molecule has 0 atom stereocenters. The van der Waals surface area contributed by atoms with Crippen molar-refractivity contribution in [2.75, 3.05) is 0 Å². The van der Waals surface area contributed by atoms with E-state index in [0.717, 1.165) is 19.3 Å². The van der Waals surface area contributed by atoms with E-state index in [-0.39, 0.29) is 0 Å². The summed E-state index contributed by atoms with van der Waals surface area (Å²) in [5.74, 6) is 0. The second kappa shape index (κ2) is 11.9. The molecule has 0 aliphatic rings. The minimum atomic E-state index is -0.826. The summed E-state index contributed by atoms with van der Waals surface area (Å²) in [5.41, 5.74) is 8.30. The second-order valence-electron chi connectivity index (χ2n) is 7.45. The van der Waals surface area contributed by atoms with Gasteiger partial charge in [0, 0.05) is 0 Å². The molecule has 0 aliphatic heterocycles. The molecule has 0 unspecified atom stereocenters. The molecule has 0 bridgehead atoms. The summed E-state index contributed by atoms with van der Waals surface area (Å²) in [4.78, 5) is 0. The molecular weight excluding hydrogens is 486 g/mol. The number of aryl methyl sites for hydroxylation is 2. The van der Waals surface area contributed by atoms with Gasteiger partial charge in [-0.3, -0.25) is 0 Å². The van der Waals surface area contributed by atoms with Crippen molar-refractivity contribution in [2.24, 2.45) is 0 Å². The molecular formula is C27H27Cl2Zr-. The molecule has 0 nitrogen and oxygen atoms in total. The van der Waals surface area contributed by atoms with Crippen molar-refractivity contribution < 1.29 is 20.8 Å². The predicted molar refractivity (Wildman–Crippen MR) is 130 cm³/mol. The summed E-state index contributed by atoms with van der Waals surface area (Å²) in [6.45, 7) is 4.52. The number of halogens is 2. The van der Waals surface area contributed by atoms with Gasteiger partial charge in [0.05, 0.1) is 0 Å². The van der Waals surface area contributed by atoms with Gasteiger partial charge < -0.3 is 0 Å². The average molecular weight is 514 g/mol. The SMILES string of the molecule is CCCc1cc2c(-c3ccccc3-c3ccccc3)c(CCC)ccc2[cH-]1.[Cl][Zr][Cl]. The molecule has 0 saturated carbocycles. The average Bonchev–Trinajstić information content (AvgIpc) is 3.18. The van der Waals surface area contributed by atoms with E-state index in [9.17, 15) is 0 Å². The first-order valence-electron chi connectivity index (χ1n) is 10.6. The summed E-state index contributed by atoms with van der Waals surface area (Å²) < 4.78 is 0. The fourth-order valence-electron chi connectivity index (χ4n) is 4.19. The molecule has 0 heterocycles. The second-order valence-corrected chi connectivity index (χ2v) is 11.2. The number of rotatable bonds is 6. The van der Waals surface area contributed by atoms with E-state index < -0.39 is 20.8 Å². The molecule has 0 N–H and O–H groups in total. The third-order valence-electron chi connectivity index (χ3n) is 5.38. The standard InChI is InChI=1S/C27H27.2ClH.Zr/c1-3-10-20-18-23-17-16-22(11-4-2)27(26(23)19-20)25-15-9-8-14-24(25)21-12-6-5-7-13-21;;;/h5-9,12-19H,3-4,10-11H2,1-2H3;2*1H;/q-1;;;+2/p-2. The van der Waals surface area contributed by atoms with Crippen LogP contribution in [0.2, 0.25) is 0 Å². The first kappa shape index (κ1) is 23.4. The Morgan fingerprint density at radius 1 is 0.767 bits per heavy atom. The summed E-state index contributed by atoms with van der Waals surface area (Å²) in [6.07, 6.45) is 4.61. The summed E-state index contributed by atoms with van der Waals surface area (Å²) in [7, 11) is 9.87. The van der Waals surface area contributed by atoms with Crippen LogP contribution in [0, 0.1) is 0 Å². The first-order chi connectivity index (χ1) is 14.7. The quantitative estimate of drug-likeness (QED) is 0.226. The molecule has 0 saturated heterocycles. The van der Waals surface area contributed by atoms with Gasteiger partial charge in [-0.1, -0.05) is 92.4 Å². The molecule has 3 heteroatoms. The van der Waals surface area contributed by atoms with Crippen molar-refractivity contribution in [1.82, 2.24) is 0 Å². The number of fused-ring (bicyclic) bond motifs is 1. The third-order valence-corrected chi connectivity index (χ3v) is 5.38. The Morgan fingerprint density at radius 3 is 2.07 bits per heavy atom. The molecule has 4 aromatic carbocycles. The monoisotopic (exact) mass is 511 g/mol. The van der Waals surface area contributed by atoms with Gasteiger partial charge in [0.2, 0.25) is 0 Å². The van der Waals surface area contributed by atoms with Crippen molar-refractivity contribution in [3.63, 3.8) is 0 Å². The van der Waals surface area contributed by atoms with Gasteiger partial charge in [-0.05, 0) is 29.5 Å². The topological polar surface area (TPSA) is 0 Å². The van der Waals surface area contributed by atoms with Gasteiger partial charge in [0.25, 0.3) is 0 Å². The van der Waals surface area contributed by atoms with Crippen LogP contribution in [-0.2, 0) is 33.7 Å². The predicted octanol–water partition coefficient (Wildman–Crippen LogP) is 9.17. The molecule has 4 rings (SSSR count). The molecule has 154 valence electrons. The van der Waals surface area contributed by atoms with Crippen LogP contribution in [0.3, 0.4) is 0 Å². The number of hydrogen-bond donors (Lipinski definition) is 0. The summed E-state index contributed by atoms with van der Waals surface area (Å²) >= 11 is -0.826. The van der Waals surface area contributed by atoms with E-state index in [0.29, 0.717) is 0 Å². The Hall–Kier alpha value is -1.27. The van der Waals surface area contributed by atoms with Crippen LogP contribution < -0.4 is 0 Å². The molecule has 0 aliphatic carbocycles. The fourth-order valence-corrected chi connectivity index (χ4v) is 4.19. The third kappa shape index (κ3) is 5.50. The Balaban J connectivity index is 0.000000806. The molecule has 30 heavy (non-hydrogen) atoms. The molecule has 0 fully saturated rings. The van der Waals surface area contributed by atoms with Gasteiger partial charge in [-0.2, -0.15) is 6.07 Å². The van der Waals surface area contributed by atoms with Crippen molar-refractivity contribution in [3.05, 3.63) is 90.0 Å². The summed E-state index contributed by atoms with van der Waals surface area (Å²) in [6, 6.07) is 29.1. The fraction of sp³-hybridized carbons (Fsp3) is 0.222. The Kier molecular flexibility index (Phi) is 9.32. The number of hydrogen-bond acceptors (Lipinski definition) is 0. The van der Waals surface area contributed by atoms with Crippen molar-refractivity contribution in [2.45, 2.75) is 39.5 Å². The Labute approximate surface area is 199 Å². The first-order valence-corrected chi connectivity index (χ1v) is 16.9. The van der Waals surface area contributed by atoms with E-state index in [1.807, 2.05) is 0 Å². The molecule has 4 aromatic rings. The normalized spacial score (nSPS) is 10.5. The number of benzene rings is 3. The zero-order valence-corrected chi connectivity index (χ0v) is 21.6. The molecule has 0 aromatic heterocycles. The maximum atomic E-state index is 4.93. The molecule has 0 amide bonds. The molecule has 0 spiro atoms.